The predicted octanol–water partition coefficient (Wildman–Crippen LogP) is 3.01. The zero-order valence-electron chi connectivity index (χ0n) is 10.5. The average Bonchev–Trinajstić information content (AvgIpc) is 2.65. The van der Waals surface area contributed by atoms with Crippen molar-refractivity contribution in [3.8, 4) is 5.75 Å². The van der Waals surface area contributed by atoms with Gasteiger partial charge in [-0.3, -0.25) is 0 Å². The van der Waals surface area contributed by atoms with E-state index in [1.807, 2.05) is 0 Å². The Bertz CT molecular complexity index is 617. The Kier molecular flexibility index (Phi) is 4.11. The quantitative estimate of drug-likeness (QED) is 0.690. The van der Waals surface area contributed by atoms with E-state index in [0.717, 1.165) is 0 Å². The number of carbonyl (C=O) groups excluding carboxylic acids is 1. The SMILES string of the molecule is COCCOC(=O)c1c(C)oc2cc(Br)c(O)cc12. The average molecular weight is 329 g/mol. The molecule has 1 N–H and O–H groups in total. The van der Waals surface area contributed by atoms with Gasteiger partial charge in [-0.15, -0.1) is 0 Å². The van der Waals surface area contributed by atoms with Crippen LogP contribution in [0.15, 0.2) is 21.0 Å². The number of hydrogen-bond acceptors (Lipinski definition) is 5. The highest BCUT2D eigenvalue weighted by molar-refractivity contribution is 9.10. The predicted molar refractivity (Wildman–Crippen MR) is 72.5 cm³/mol. The molecule has 0 fully saturated rings. The highest BCUT2D eigenvalue weighted by Gasteiger charge is 2.20. The molecule has 0 radical (unpaired) electrons. The Balaban J connectivity index is 2.39. The maximum atomic E-state index is 12.0. The number of benzene rings is 1. The van der Waals surface area contributed by atoms with Crippen molar-refractivity contribution in [2.75, 3.05) is 20.3 Å². The van der Waals surface area contributed by atoms with Gasteiger partial charge in [-0.05, 0) is 35.0 Å². The molecule has 1 heterocycles. The molecule has 0 aliphatic carbocycles. The van der Waals surface area contributed by atoms with Gasteiger partial charge in [0.05, 0.1) is 11.1 Å². The van der Waals surface area contributed by atoms with Crippen molar-refractivity contribution in [3.05, 3.63) is 27.9 Å². The van der Waals surface area contributed by atoms with Crippen LogP contribution in [-0.2, 0) is 9.47 Å². The summed E-state index contributed by atoms with van der Waals surface area (Å²) in [4.78, 5) is 12.0. The molecule has 0 saturated heterocycles. The molecule has 1 aromatic carbocycles. The fraction of sp³-hybridized carbons (Fsp3) is 0.308. The molecule has 0 atom stereocenters. The van der Waals surface area contributed by atoms with Crippen molar-refractivity contribution in [3.63, 3.8) is 0 Å². The van der Waals surface area contributed by atoms with E-state index in [1.165, 1.54) is 13.2 Å². The second-order valence-electron chi connectivity index (χ2n) is 3.96. The molecule has 0 amide bonds. The largest absolute Gasteiger partial charge is 0.507 e. The van der Waals surface area contributed by atoms with Crippen LogP contribution in [0.3, 0.4) is 0 Å². The summed E-state index contributed by atoms with van der Waals surface area (Å²) in [5, 5.41) is 10.2. The number of aromatic hydroxyl groups is 1. The number of furan rings is 1. The first kappa shape index (κ1) is 13.9. The molecule has 2 aromatic rings. The number of aryl methyl sites for hydroxylation is 1. The third kappa shape index (κ3) is 2.74. The number of halogens is 1. The van der Waals surface area contributed by atoms with Crippen molar-refractivity contribution in [2.45, 2.75) is 6.92 Å². The Morgan fingerprint density at radius 3 is 2.84 bits per heavy atom. The number of carbonyl (C=O) groups is 1. The van der Waals surface area contributed by atoms with Crippen molar-refractivity contribution < 1.29 is 23.8 Å². The highest BCUT2D eigenvalue weighted by atomic mass is 79.9. The third-order valence-electron chi connectivity index (χ3n) is 2.66. The van der Waals surface area contributed by atoms with Crippen LogP contribution in [0, 0.1) is 6.92 Å². The molecule has 0 bridgehead atoms. The van der Waals surface area contributed by atoms with Crippen LogP contribution >= 0.6 is 15.9 Å². The molecule has 0 unspecified atom stereocenters. The van der Waals surface area contributed by atoms with Crippen molar-refractivity contribution in [1.82, 2.24) is 0 Å². The topological polar surface area (TPSA) is 68.9 Å². The van der Waals surface area contributed by atoms with E-state index in [4.69, 9.17) is 13.9 Å². The van der Waals surface area contributed by atoms with Gasteiger partial charge in [0.15, 0.2) is 0 Å². The fourth-order valence-electron chi connectivity index (χ4n) is 1.77. The van der Waals surface area contributed by atoms with Crippen LogP contribution in [0.4, 0.5) is 0 Å². The molecule has 19 heavy (non-hydrogen) atoms. The van der Waals surface area contributed by atoms with Gasteiger partial charge >= 0.3 is 5.97 Å². The zero-order valence-corrected chi connectivity index (χ0v) is 12.1. The first-order chi connectivity index (χ1) is 9.04. The summed E-state index contributed by atoms with van der Waals surface area (Å²) in [6.07, 6.45) is 0. The van der Waals surface area contributed by atoms with E-state index >= 15 is 0 Å². The number of ether oxygens (including phenoxy) is 2. The normalized spacial score (nSPS) is 10.9. The lowest BCUT2D eigenvalue weighted by Gasteiger charge is -2.03. The van der Waals surface area contributed by atoms with Gasteiger partial charge in [0.25, 0.3) is 0 Å². The molecule has 102 valence electrons. The monoisotopic (exact) mass is 328 g/mol. The first-order valence-electron chi connectivity index (χ1n) is 5.62. The summed E-state index contributed by atoms with van der Waals surface area (Å²) < 4.78 is 15.9. The number of hydrogen-bond donors (Lipinski definition) is 1. The number of esters is 1. The second-order valence-corrected chi connectivity index (χ2v) is 4.82. The summed E-state index contributed by atoms with van der Waals surface area (Å²) >= 11 is 3.20. The van der Waals surface area contributed by atoms with Gasteiger partial charge in [-0.1, -0.05) is 0 Å². The molecule has 2 rings (SSSR count). The van der Waals surface area contributed by atoms with Crippen LogP contribution in [0.2, 0.25) is 0 Å². The van der Waals surface area contributed by atoms with E-state index in [1.54, 1.807) is 13.0 Å². The Labute approximate surface area is 118 Å². The van der Waals surface area contributed by atoms with E-state index in [9.17, 15) is 9.90 Å². The van der Waals surface area contributed by atoms with Crippen molar-refractivity contribution in [2.24, 2.45) is 0 Å². The molecule has 0 aliphatic rings. The third-order valence-corrected chi connectivity index (χ3v) is 3.29. The molecule has 0 aliphatic heterocycles. The molecule has 1 aromatic heterocycles. The number of rotatable bonds is 4. The van der Waals surface area contributed by atoms with Crippen LogP contribution in [0.25, 0.3) is 11.0 Å². The van der Waals surface area contributed by atoms with E-state index < -0.39 is 5.97 Å². The van der Waals surface area contributed by atoms with Crippen LogP contribution in [-0.4, -0.2) is 31.4 Å². The second kappa shape index (κ2) is 5.63. The molecule has 0 saturated carbocycles. The Morgan fingerprint density at radius 1 is 1.42 bits per heavy atom. The van der Waals surface area contributed by atoms with Gasteiger partial charge in [0, 0.05) is 12.5 Å². The van der Waals surface area contributed by atoms with Crippen molar-refractivity contribution in [1.29, 1.82) is 0 Å². The Hall–Kier alpha value is -1.53. The van der Waals surface area contributed by atoms with E-state index in [2.05, 4.69) is 15.9 Å². The number of phenolic OH excluding ortho intramolecular Hbond substituents is 1. The zero-order chi connectivity index (χ0) is 14.0. The smallest absolute Gasteiger partial charge is 0.342 e. The number of phenols is 1. The lowest BCUT2D eigenvalue weighted by Crippen LogP contribution is -2.10. The summed E-state index contributed by atoms with van der Waals surface area (Å²) in [5.41, 5.74) is 0.842. The molecular weight excluding hydrogens is 316 g/mol. The van der Waals surface area contributed by atoms with Gasteiger partial charge < -0.3 is 19.0 Å². The molecule has 5 nitrogen and oxygen atoms in total. The van der Waals surface area contributed by atoms with Gasteiger partial charge in [-0.25, -0.2) is 4.79 Å². The van der Waals surface area contributed by atoms with E-state index in [0.29, 0.717) is 33.4 Å². The summed E-state index contributed by atoms with van der Waals surface area (Å²) in [6, 6.07) is 3.09. The van der Waals surface area contributed by atoms with Crippen LogP contribution in [0.5, 0.6) is 5.75 Å². The fourth-order valence-corrected chi connectivity index (χ4v) is 2.09. The summed E-state index contributed by atoms with van der Waals surface area (Å²) in [6.45, 7) is 2.18. The lowest BCUT2D eigenvalue weighted by molar-refractivity contribution is 0.0388. The number of methoxy groups -OCH3 is 1. The Morgan fingerprint density at radius 2 is 2.16 bits per heavy atom. The van der Waals surface area contributed by atoms with Gasteiger partial charge in [0.1, 0.15) is 29.3 Å². The minimum atomic E-state index is -0.491. The summed E-state index contributed by atoms with van der Waals surface area (Å²) in [5.74, 6) is 0.00387. The van der Waals surface area contributed by atoms with Gasteiger partial charge in [-0.2, -0.15) is 0 Å². The van der Waals surface area contributed by atoms with Crippen molar-refractivity contribution >= 4 is 32.9 Å². The highest BCUT2D eigenvalue weighted by Crippen LogP contribution is 2.34. The standard InChI is InChI=1S/C13H13BrO5/c1-7-12(13(16)18-4-3-17-2)8-5-10(15)9(14)6-11(8)19-7/h5-6,15H,3-4H2,1-2H3. The minimum absolute atomic E-state index is 0.0410. The van der Waals surface area contributed by atoms with Gasteiger partial charge in [0.2, 0.25) is 0 Å². The maximum absolute atomic E-state index is 12.0. The minimum Gasteiger partial charge on any atom is -0.507 e. The molecule has 6 heteroatoms. The molecular formula is C13H13BrO5. The maximum Gasteiger partial charge on any atom is 0.342 e. The van der Waals surface area contributed by atoms with E-state index in [-0.39, 0.29) is 12.4 Å². The first-order valence-corrected chi connectivity index (χ1v) is 6.41. The lowest BCUT2D eigenvalue weighted by atomic mass is 10.1. The summed E-state index contributed by atoms with van der Waals surface area (Å²) in [7, 11) is 1.53. The molecule has 0 spiro atoms. The number of fused-ring (bicyclic) bond motifs is 1. The van der Waals surface area contributed by atoms with Crippen LogP contribution < -0.4 is 0 Å². The van der Waals surface area contributed by atoms with Crippen LogP contribution in [0.1, 0.15) is 16.1 Å².